The minimum Gasteiger partial charge on any atom is -0.452 e. The van der Waals surface area contributed by atoms with Gasteiger partial charge in [-0.25, -0.2) is 4.79 Å². The summed E-state index contributed by atoms with van der Waals surface area (Å²) in [6.45, 7) is 5.64. The summed E-state index contributed by atoms with van der Waals surface area (Å²) in [5.41, 5.74) is 0.196. The molecule has 0 saturated heterocycles. The lowest BCUT2D eigenvalue weighted by atomic mass is 10.1. The number of esters is 1. The second-order valence-electron chi connectivity index (χ2n) is 5.65. The van der Waals surface area contributed by atoms with Crippen LogP contribution in [0.3, 0.4) is 0 Å². The second-order valence-corrected chi connectivity index (χ2v) is 5.65. The van der Waals surface area contributed by atoms with Gasteiger partial charge in [-0.2, -0.15) is 0 Å². The van der Waals surface area contributed by atoms with Crippen LogP contribution >= 0.6 is 0 Å². The van der Waals surface area contributed by atoms with Crippen LogP contribution in [0.1, 0.15) is 29.8 Å². The Morgan fingerprint density at radius 1 is 1.15 bits per heavy atom. The molecule has 0 aromatic heterocycles. The molecule has 2 amide bonds. The van der Waals surface area contributed by atoms with Crippen LogP contribution in [0, 0.1) is 17.0 Å². The van der Waals surface area contributed by atoms with Crippen molar-refractivity contribution >= 4 is 23.5 Å². The quantitative estimate of drug-likeness (QED) is 0.391. The Morgan fingerprint density at radius 3 is 2.31 bits per heavy atom. The molecule has 142 valence electrons. The summed E-state index contributed by atoms with van der Waals surface area (Å²) in [7, 11) is 1.44. The Balaban J connectivity index is 2.64. The van der Waals surface area contributed by atoms with E-state index in [4.69, 9.17) is 4.74 Å². The molecule has 0 aliphatic carbocycles. The number of rotatable bonds is 8. The standard InChI is InChI=1S/C17H23N3O6/c1-5-19(6-2)15(21)10-18(4)16(22)11-26-17(23)13-8-7-12(3)14(9-13)20(24)25/h7-9H,5-6,10-11H2,1-4H3. The first kappa shape index (κ1) is 21.1. The van der Waals surface area contributed by atoms with Gasteiger partial charge < -0.3 is 14.5 Å². The number of nitrogens with zero attached hydrogens (tertiary/aromatic N) is 3. The fourth-order valence-electron chi connectivity index (χ4n) is 2.22. The fourth-order valence-corrected chi connectivity index (χ4v) is 2.22. The maximum atomic E-state index is 12.0. The minimum absolute atomic E-state index is 0.0167. The van der Waals surface area contributed by atoms with Gasteiger partial charge in [0.2, 0.25) is 5.91 Å². The lowest BCUT2D eigenvalue weighted by Crippen LogP contribution is -2.42. The highest BCUT2D eigenvalue weighted by molar-refractivity contribution is 5.92. The SMILES string of the molecule is CCN(CC)C(=O)CN(C)C(=O)COC(=O)c1ccc(C)c([N+](=O)[O-])c1. The molecule has 9 nitrogen and oxygen atoms in total. The predicted octanol–water partition coefficient (Wildman–Crippen LogP) is 1.39. The molecule has 0 aliphatic rings. The molecule has 1 rings (SSSR count). The van der Waals surface area contributed by atoms with E-state index in [1.165, 1.54) is 24.1 Å². The van der Waals surface area contributed by atoms with E-state index in [0.717, 1.165) is 6.07 Å². The highest BCUT2D eigenvalue weighted by Gasteiger charge is 2.20. The van der Waals surface area contributed by atoms with Crippen molar-refractivity contribution in [2.24, 2.45) is 0 Å². The van der Waals surface area contributed by atoms with Gasteiger partial charge >= 0.3 is 5.97 Å². The van der Waals surface area contributed by atoms with E-state index >= 15 is 0 Å². The molecule has 0 spiro atoms. The van der Waals surface area contributed by atoms with Gasteiger partial charge in [0, 0.05) is 31.8 Å². The molecular weight excluding hydrogens is 342 g/mol. The first-order chi connectivity index (χ1) is 12.2. The Kier molecular flexibility index (Phi) is 7.70. The molecule has 0 aliphatic heterocycles. The Morgan fingerprint density at radius 2 is 1.77 bits per heavy atom. The van der Waals surface area contributed by atoms with E-state index < -0.39 is 23.4 Å². The topological polar surface area (TPSA) is 110 Å². The van der Waals surface area contributed by atoms with E-state index in [0.29, 0.717) is 18.7 Å². The van der Waals surface area contributed by atoms with Crippen molar-refractivity contribution in [1.82, 2.24) is 9.80 Å². The molecule has 0 saturated carbocycles. The summed E-state index contributed by atoms with van der Waals surface area (Å²) in [6.07, 6.45) is 0. The van der Waals surface area contributed by atoms with Crippen molar-refractivity contribution < 1.29 is 24.0 Å². The van der Waals surface area contributed by atoms with Gasteiger partial charge in [-0.05, 0) is 26.8 Å². The first-order valence-corrected chi connectivity index (χ1v) is 8.15. The normalized spacial score (nSPS) is 10.2. The smallest absolute Gasteiger partial charge is 0.338 e. The summed E-state index contributed by atoms with van der Waals surface area (Å²) in [5.74, 6) is -1.59. The minimum atomic E-state index is -0.843. The van der Waals surface area contributed by atoms with Gasteiger partial charge in [-0.1, -0.05) is 6.07 Å². The molecule has 1 aromatic carbocycles. The van der Waals surface area contributed by atoms with E-state index in [1.54, 1.807) is 11.8 Å². The number of hydrogen-bond acceptors (Lipinski definition) is 6. The number of benzene rings is 1. The van der Waals surface area contributed by atoms with Crippen molar-refractivity contribution in [3.8, 4) is 0 Å². The number of nitro groups is 1. The molecule has 1 aromatic rings. The van der Waals surface area contributed by atoms with Gasteiger partial charge in [0.1, 0.15) is 0 Å². The van der Waals surface area contributed by atoms with Crippen LogP contribution in [0.15, 0.2) is 18.2 Å². The summed E-state index contributed by atoms with van der Waals surface area (Å²) in [4.78, 5) is 49.1. The lowest BCUT2D eigenvalue weighted by molar-refractivity contribution is -0.385. The number of carbonyl (C=O) groups excluding carboxylic acids is 3. The molecule has 9 heteroatoms. The number of carbonyl (C=O) groups is 3. The Labute approximate surface area is 151 Å². The summed E-state index contributed by atoms with van der Waals surface area (Å²) >= 11 is 0. The molecule has 0 heterocycles. The third kappa shape index (κ3) is 5.54. The van der Waals surface area contributed by atoms with E-state index in [9.17, 15) is 24.5 Å². The number of nitro benzene ring substituents is 1. The monoisotopic (exact) mass is 365 g/mol. The number of ether oxygens (including phenoxy) is 1. The first-order valence-electron chi connectivity index (χ1n) is 8.15. The Bertz CT molecular complexity index is 700. The van der Waals surface area contributed by atoms with Crippen LogP contribution in [-0.4, -0.2) is 65.8 Å². The molecule has 0 atom stereocenters. The van der Waals surface area contributed by atoms with Crippen LogP contribution in [0.25, 0.3) is 0 Å². The fraction of sp³-hybridized carbons (Fsp3) is 0.471. The number of hydrogen-bond donors (Lipinski definition) is 0. The third-order valence-electron chi connectivity index (χ3n) is 3.88. The molecule has 0 bridgehead atoms. The third-order valence-corrected chi connectivity index (χ3v) is 3.88. The van der Waals surface area contributed by atoms with Crippen LogP contribution in [-0.2, 0) is 14.3 Å². The average Bonchev–Trinajstić information content (AvgIpc) is 2.60. The van der Waals surface area contributed by atoms with E-state index in [2.05, 4.69) is 0 Å². The average molecular weight is 365 g/mol. The number of amides is 2. The van der Waals surface area contributed by atoms with Gasteiger partial charge in [-0.15, -0.1) is 0 Å². The number of aryl methyl sites for hydroxylation is 1. The largest absolute Gasteiger partial charge is 0.452 e. The van der Waals surface area contributed by atoms with Crippen LogP contribution in [0.4, 0.5) is 5.69 Å². The maximum Gasteiger partial charge on any atom is 0.338 e. The van der Waals surface area contributed by atoms with Gasteiger partial charge in [-0.3, -0.25) is 19.7 Å². The van der Waals surface area contributed by atoms with Crippen molar-refractivity contribution in [2.75, 3.05) is 33.3 Å². The van der Waals surface area contributed by atoms with Crippen LogP contribution < -0.4 is 0 Å². The number of likely N-dealkylation sites (N-methyl/N-ethyl adjacent to an activating group) is 2. The van der Waals surface area contributed by atoms with Gasteiger partial charge in [0.05, 0.1) is 17.0 Å². The van der Waals surface area contributed by atoms with Gasteiger partial charge in [0.15, 0.2) is 6.61 Å². The zero-order valence-electron chi connectivity index (χ0n) is 15.4. The molecule has 0 N–H and O–H groups in total. The summed E-state index contributed by atoms with van der Waals surface area (Å²) < 4.78 is 4.90. The summed E-state index contributed by atoms with van der Waals surface area (Å²) in [5, 5.41) is 10.9. The zero-order chi connectivity index (χ0) is 19.9. The predicted molar refractivity (Wildman–Crippen MR) is 93.7 cm³/mol. The molecule has 26 heavy (non-hydrogen) atoms. The van der Waals surface area contributed by atoms with Crippen molar-refractivity contribution in [3.63, 3.8) is 0 Å². The summed E-state index contributed by atoms with van der Waals surface area (Å²) in [6, 6.07) is 3.93. The van der Waals surface area contributed by atoms with Crippen molar-refractivity contribution in [1.29, 1.82) is 0 Å². The zero-order valence-corrected chi connectivity index (χ0v) is 15.4. The van der Waals surface area contributed by atoms with Crippen molar-refractivity contribution in [3.05, 3.63) is 39.4 Å². The lowest BCUT2D eigenvalue weighted by Gasteiger charge is -2.23. The van der Waals surface area contributed by atoms with Gasteiger partial charge in [0.25, 0.3) is 11.6 Å². The maximum absolute atomic E-state index is 12.0. The van der Waals surface area contributed by atoms with E-state index in [1.807, 2.05) is 13.8 Å². The molecular formula is C17H23N3O6. The highest BCUT2D eigenvalue weighted by Crippen LogP contribution is 2.19. The van der Waals surface area contributed by atoms with Crippen LogP contribution in [0.5, 0.6) is 0 Å². The highest BCUT2D eigenvalue weighted by atomic mass is 16.6. The van der Waals surface area contributed by atoms with Crippen molar-refractivity contribution in [2.45, 2.75) is 20.8 Å². The van der Waals surface area contributed by atoms with Crippen LogP contribution in [0.2, 0.25) is 0 Å². The molecule has 0 fully saturated rings. The Hall–Kier alpha value is -2.97. The van der Waals surface area contributed by atoms with E-state index in [-0.39, 0.29) is 23.7 Å². The molecule has 0 unspecified atom stereocenters. The second kappa shape index (κ2) is 9.50. The molecule has 0 radical (unpaired) electrons.